The fourth-order valence-electron chi connectivity index (χ4n) is 2.97. The number of nitrogens with one attached hydrogen (secondary N) is 3. The van der Waals surface area contributed by atoms with E-state index in [1.54, 1.807) is 37.1 Å². The lowest BCUT2D eigenvalue weighted by Crippen LogP contribution is -2.50. The van der Waals surface area contributed by atoms with Crippen LogP contribution in [0, 0.1) is 10.1 Å². The zero-order chi connectivity index (χ0) is 20.4. The van der Waals surface area contributed by atoms with Gasteiger partial charge in [-0.1, -0.05) is 12.1 Å². The largest absolute Gasteiger partial charge is 0.450 e. The molecule has 2 rings (SSSR count). The molecule has 1 aromatic rings. The summed E-state index contributed by atoms with van der Waals surface area (Å²) in [6.07, 6.45) is 1.37. The molecule has 1 aliphatic heterocycles. The molecule has 1 aliphatic rings. The van der Waals surface area contributed by atoms with Gasteiger partial charge in [0.25, 0.3) is 5.69 Å². The van der Waals surface area contributed by atoms with Crippen molar-refractivity contribution in [2.24, 2.45) is 4.99 Å². The van der Waals surface area contributed by atoms with Gasteiger partial charge >= 0.3 is 6.09 Å². The molecule has 1 aromatic carbocycles. The van der Waals surface area contributed by atoms with Gasteiger partial charge in [-0.3, -0.25) is 15.1 Å². The number of piperidine rings is 1. The Kier molecular flexibility index (Phi) is 8.32. The maximum Gasteiger partial charge on any atom is 0.409 e. The van der Waals surface area contributed by atoms with Crippen LogP contribution in [0.4, 0.5) is 16.2 Å². The lowest BCUT2D eigenvalue weighted by Gasteiger charge is -2.32. The number of benzene rings is 1. The Labute approximate surface area is 164 Å². The van der Waals surface area contributed by atoms with Gasteiger partial charge in [0.1, 0.15) is 5.69 Å². The van der Waals surface area contributed by atoms with Crippen LogP contribution < -0.4 is 16.0 Å². The Bertz CT molecular complexity index is 688. The number of nitro groups is 1. The van der Waals surface area contributed by atoms with E-state index in [2.05, 4.69) is 20.9 Å². The maximum absolute atomic E-state index is 11.7. The summed E-state index contributed by atoms with van der Waals surface area (Å²) in [6, 6.07) is 6.77. The molecule has 0 spiro atoms. The van der Waals surface area contributed by atoms with Crippen molar-refractivity contribution in [1.82, 2.24) is 15.5 Å². The van der Waals surface area contributed by atoms with Gasteiger partial charge in [0.15, 0.2) is 5.96 Å². The Hall–Kier alpha value is -3.04. The number of guanidine groups is 1. The van der Waals surface area contributed by atoms with Crippen LogP contribution in [-0.2, 0) is 4.74 Å². The number of para-hydroxylation sites is 2. The first-order valence-electron chi connectivity index (χ1n) is 9.41. The highest BCUT2D eigenvalue weighted by atomic mass is 16.6. The third kappa shape index (κ3) is 6.29. The monoisotopic (exact) mass is 392 g/mol. The summed E-state index contributed by atoms with van der Waals surface area (Å²) in [7, 11) is 1.69. The van der Waals surface area contributed by atoms with Crippen LogP contribution in [0.15, 0.2) is 29.3 Å². The molecule has 0 saturated carbocycles. The molecule has 1 fully saturated rings. The molecule has 0 atom stereocenters. The molecule has 0 aromatic heterocycles. The summed E-state index contributed by atoms with van der Waals surface area (Å²) >= 11 is 0. The molecule has 1 amide bonds. The van der Waals surface area contributed by atoms with Crippen LogP contribution in [0.25, 0.3) is 0 Å². The van der Waals surface area contributed by atoms with E-state index in [-0.39, 0.29) is 17.8 Å². The molecule has 1 saturated heterocycles. The number of likely N-dealkylation sites (tertiary alicyclic amines) is 1. The van der Waals surface area contributed by atoms with E-state index in [0.717, 1.165) is 12.8 Å². The number of hydrogen-bond acceptors (Lipinski definition) is 6. The molecule has 1 heterocycles. The highest BCUT2D eigenvalue weighted by molar-refractivity contribution is 5.80. The molecule has 10 heteroatoms. The third-order valence-electron chi connectivity index (χ3n) is 4.42. The zero-order valence-corrected chi connectivity index (χ0v) is 16.3. The second kappa shape index (κ2) is 11.0. The van der Waals surface area contributed by atoms with Crippen molar-refractivity contribution in [2.45, 2.75) is 25.8 Å². The lowest BCUT2D eigenvalue weighted by molar-refractivity contribution is -0.384. The Morgan fingerprint density at radius 1 is 1.32 bits per heavy atom. The van der Waals surface area contributed by atoms with Gasteiger partial charge in [0.2, 0.25) is 0 Å². The van der Waals surface area contributed by atoms with E-state index in [1.165, 1.54) is 6.07 Å². The van der Waals surface area contributed by atoms with Crippen LogP contribution >= 0.6 is 0 Å². The summed E-state index contributed by atoms with van der Waals surface area (Å²) in [4.78, 5) is 28.3. The fourth-order valence-corrected chi connectivity index (χ4v) is 2.97. The summed E-state index contributed by atoms with van der Waals surface area (Å²) in [5.74, 6) is 0.666. The molecule has 3 N–H and O–H groups in total. The van der Waals surface area contributed by atoms with E-state index in [0.29, 0.717) is 44.4 Å². The molecule has 0 radical (unpaired) electrons. The number of anilines is 1. The second-order valence-electron chi connectivity index (χ2n) is 6.30. The number of nitro benzene ring substituents is 1. The SMILES string of the molecule is CCOC(=O)N1CCC(NC(=NC)NCCNc2ccccc2[N+](=O)[O-])CC1. The highest BCUT2D eigenvalue weighted by Crippen LogP contribution is 2.22. The predicted molar refractivity (Wildman–Crippen MR) is 108 cm³/mol. The molecular formula is C18H28N6O4. The van der Waals surface area contributed by atoms with Crippen LogP contribution in [0.5, 0.6) is 0 Å². The lowest BCUT2D eigenvalue weighted by atomic mass is 10.1. The van der Waals surface area contributed by atoms with Gasteiger partial charge in [-0.05, 0) is 25.8 Å². The minimum absolute atomic E-state index is 0.0540. The first-order chi connectivity index (χ1) is 13.5. The van der Waals surface area contributed by atoms with Gasteiger partial charge in [-0.2, -0.15) is 0 Å². The number of nitrogens with zero attached hydrogens (tertiary/aromatic N) is 3. The number of ether oxygens (including phenoxy) is 1. The van der Waals surface area contributed by atoms with E-state index in [9.17, 15) is 14.9 Å². The van der Waals surface area contributed by atoms with E-state index >= 15 is 0 Å². The third-order valence-corrected chi connectivity index (χ3v) is 4.42. The quantitative estimate of drug-likeness (QED) is 0.213. The first-order valence-corrected chi connectivity index (χ1v) is 9.41. The standard InChI is InChI=1S/C18H28N6O4/c1-3-28-18(25)23-12-8-14(9-13-23)22-17(19-2)21-11-10-20-15-6-4-5-7-16(15)24(26)27/h4-7,14,20H,3,8-13H2,1-2H3,(H2,19,21,22). The number of rotatable bonds is 7. The van der Waals surface area contributed by atoms with Gasteiger partial charge in [-0.15, -0.1) is 0 Å². The fraction of sp³-hybridized carbons (Fsp3) is 0.556. The molecule has 28 heavy (non-hydrogen) atoms. The Balaban J connectivity index is 1.71. The summed E-state index contributed by atoms with van der Waals surface area (Å²) in [5, 5.41) is 20.6. The van der Waals surface area contributed by atoms with Crippen molar-refractivity contribution < 1.29 is 14.5 Å². The van der Waals surface area contributed by atoms with E-state index < -0.39 is 4.92 Å². The molecule has 10 nitrogen and oxygen atoms in total. The van der Waals surface area contributed by atoms with Crippen molar-refractivity contribution in [2.75, 3.05) is 45.2 Å². The number of hydrogen-bond donors (Lipinski definition) is 3. The van der Waals surface area contributed by atoms with Crippen LogP contribution in [-0.4, -0.2) is 67.8 Å². The second-order valence-corrected chi connectivity index (χ2v) is 6.30. The maximum atomic E-state index is 11.7. The molecule has 0 aliphatic carbocycles. The summed E-state index contributed by atoms with van der Waals surface area (Å²) in [5.41, 5.74) is 0.543. The van der Waals surface area contributed by atoms with Crippen LogP contribution in [0.3, 0.4) is 0 Å². The van der Waals surface area contributed by atoms with Gasteiger partial charge in [0, 0.05) is 45.3 Å². The highest BCUT2D eigenvalue weighted by Gasteiger charge is 2.24. The normalized spacial score (nSPS) is 15.1. The molecular weight excluding hydrogens is 364 g/mol. The Morgan fingerprint density at radius 3 is 2.68 bits per heavy atom. The first kappa shape index (κ1) is 21.3. The minimum Gasteiger partial charge on any atom is -0.450 e. The van der Waals surface area contributed by atoms with Gasteiger partial charge < -0.3 is 25.6 Å². The number of carbonyl (C=O) groups excluding carboxylic acids is 1. The number of amides is 1. The van der Waals surface area contributed by atoms with E-state index in [1.807, 2.05) is 0 Å². The van der Waals surface area contributed by atoms with Gasteiger partial charge in [0.05, 0.1) is 11.5 Å². The smallest absolute Gasteiger partial charge is 0.409 e. The van der Waals surface area contributed by atoms with Crippen LogP contribution in [0.1, 0.15) is 19.8 Å². The minimum atomic E-state index is -0.404. The molecule has 0 unspecified atom stereocenters. The molecule has 0 bridgehead atoms. The molecule has 154 valence electrons. The number of aliphatic imine (C=N–C) groups is 1. The van der Waals surface area contributed by atoms with Crippen molar-refractivity contribution in [3.8, 4) is 0 Å². The topological polar surface area (TPSA) is 121 Å². The van der Waals surface area contributed by atoms with Crippen molar-refractivity contribution >= 4 is 23.4 Å². The van der Waals surface area contributed by atoms with Crippen LogP contribution in [0.2, 0.25) is 0 Å². The van der Waals surface area contributed by atoms with Crippen molar-refractivity contribution in [3.63, 3.8) is 0 Å². The Morgan fingerprint density at radius 2 is 2.04 bits per heavy atom. The van der Waals surface area contributed by atoms with Crippen molar-refractivity contribution in [1.29, 1.82) is 0 Å². The average Bonchev–Trinajstić information content (AvgIpc) is 2.71. The zero-order valence-electron chi connectivity index (χ0n) is 16.3. The van der Waals surface area contributed by atoms with E-state index in [4.69, 9.17) is 4.74 Å². The summed E-state index contributed by atoms with van der Waals surface area (Å²) < 4.78 is 5.03. The average molecular weight is 392 g/mol. The summed E-state index contributed by atoms with van der Waals surface area (Å²) in [6.45, 7) is 4.53. The van der Waals surface area contributed by atoms with Crippen molar-refractivity contribution in [3.05, 3.63) is 34.4 Å². The number of carbonyl (C=O) groups is 1. The predicted octanol–water partition coefficient (Wildman–Crippen LogP) is 1.79. The van der Waals surface area contributed by atoms with Gasteiger partial charge in [-0.25, -0.2) is 4.79 Å².